The van der Waals surface area contributed by atoms with E-state index in [9.17, 15) is 0 Å². The Labute approximate surface area is 74.4 Å². The summed E-state index contributed by atoms with van der Waals surface area (Å²) in [6, 6.07) is 10.1. The molecule has 0 saturated heterocycles. The lowest BCUT2D eigenvalue weighted by molar-refractivity contribution is 1.32. The van der Waals surface area contributed by atoms with Crippen molar-refractivity contribution >= 4 is 22.1 Å². The van der Waals surface area contributed by atoms with E-state index in [2.05, 4.69) is 21.0 Å². The lowest BCUT2D eigenvalue weighted by Crippen LogP contribution is -1.79. The second-order valence-corrected chi connectivity index (χ2v) is 2.95. The summed E-state index contributed by atoms with van der Waals surface area (Å²) in [5.74, 6) is 0. The molecule has 0 spiro atoms. The van der Waals surface area contributed by atoms with Crippen LogP contribution in [0.1, 0.15) is 0 Å². The molecular formula is C10H7N3. The van der Waals surface area contributed by atoms with Crippen molar-refractivity contribution in [2.24, 2.45) is 0 Å². The maximum absolute atomic E-state index is 4.40. The van der Waals surface area contributed by atoms with Crippen LogP contribution in [-0.4, -0.2) is 15.0 Å². The molecule has 3 heteroatoms. The smallest absolute Gasteiger partial charge is 0.177 e. The summed E-state index contributed by atoms with van der Waals surface area (Å²) in [6.07, 6.45) is 1.66. The first-order valence-electron chi connectivity index (χ1n) is 4.12. The molecule has 0 saturated carbocycles. The van der Waals surface area contributed by atoms with Gasteiger partial charge >= 0.3 is 0 Å². The largest absolute Gasteiger partial charge is 0.343 e. The van der Waals surface area contributed by atoms with Crippen LogP contribution in [0.2, 0.25) is 0 Å². The molecule has 0 bridgehead atoms. The maximum atomic E-state index is 4.40. The van der Waals surface area contributed by atoms with Crippen LogP contribution in [-0.2, 0) is 0 Å². The molecular weight excluding hydrogens is 162 g/mol. The van der Waals surface area contributed by atoms with E-state index >= 15 is 0 Å². The van der Waals surface area contributed by atoms with Crippen LogP contribution < -0.4 is 0 Å². The molecule has 0 radical (unpaired) electrons. The van der Waals surface area contributed by atoms with Crippen molar-refractivity contribution in [1.82, 2.24) is 15.0 Å². The highest BCUT2D eigenvalue weighted by Gasteiger charge is 1.99. The van der Waals surface area contributed by atoms with Gasteiger partial charge in [0.2, 0.25) is 0 Å². The first kappa shape index (κ1) is 6.60. The van der Waals surface area contributed by atoms with Crippen LogP contribution in [0.3, 0.4) is 0 Å². The number of fused-ring (bicyclic) bond motifs is 2. The number of H-pyrrole nitrogens is 1. The molecule has 1 aromatic carbocycles. The minimum atomic E-state index is 0.777. The van der Waals surface area contributed by atoms with Gasteiger partial charge in [0.1, 0.15) is 0 Å². The van der Waals surface area contributed by atoms with Crippen LogP contribution in [0.15, 0.2) is 36.7 Å². The second kappa shape index (κ2) is 2.29. The Balaban J connectivity index is 2.57. The second-order valence-electron chi connectivity index (χ2n) is 2.95. The summed E-state index contributed by atoms with van der Waals surface area (Å²) < 4.78 is 0. The van der Waals surface area contributed by atoms with Crippen LogP contribution in [0.25, 0.3) is 22.1 Å². The van der Waals surface area contributed by atoms with Crippen molar-refractivity contribution in [3.63, 3.8) is 0 Å². The van der Waals surface area contributed by atoms with Crippen molar-refractivity contribution in [3.8, 4) is 0 Å². The topological polar surface area (TPSA) is 41.6 Å². The number of para-hydroxylation sites is 1. The minimum Gasteiger partial charge on any atom is -0.343 e. The van der Waals surface area contributed by atoms with Gasteiger partial charge in [-0.2, -0.15) is 0 Å². The van der Waals surface area contributed by atoms with E-state index < -0.39 is 0 Å². The molecule has 1 N–H and O–H groups in total. The van der Waals surface area contributed by atoms with Crippen molar-refractivity contribution in [1.29, 1.82) is 0 Å². The molecule has 13 heavy (non-hydrogen) atoms. The van der Waals surface area contributed by atoms with Gasteiger partial charge in [-0.3, -0.25) is 0 Å². The van der Waals surface area contributed by atoms with Gasteiger partial charge in [0.15, 0.2) is 5.65 Å². The zero-order valence-electron chi connectivity index (χ0n) is 6.86. The SMILES string of the molecule is c1ccc2nc3nc[nH]c3cc2c1. The van der Waals surface area contributed by atoms with Gasteiger partial charge in [0.25, 0.3) is 0 Å². The predicted molar refractivity (Wildman–Crippen MR) is 51.4 cm³/mol. The van der Waals surface area contributed by atoms with E-state index in [1.165, 1.54) is 0 Å². The average Bonchev–Trinajstić information content (AvgIpc) is 2.61. The maximum Gasteiger partial charge on any atom is 0.177 e. The van der Waals surface area contributed by atoms with E-state index in [-0.39, 0.29) is 0 Å². The molecule has 3 aromatic rings. The molecule has 2 heterocycles. The summed E-state index contributed by atoms with van der Waals surface area (Å²) in [5.41, 5.74) is 2.75. The van der Waals surface area contributed by atoms with E-state index in [1.54, 1.807) is 6.33 Å². The summed E-state index contributed by atoms with van der Waals surface area (Å²) in [4.78, 5) is 11.5. The Morgan fingerprint density at radius 1 is 1.15 bits per heavy atom. The fourth-order valence-electron chi connectivity index (χ4n) is 1.47. The number of imidazole rings is 1. The number of nitrogens with one attached hydrogen (secondary N) is 1. The average molecular weight is 169 g/mol. The van der Waals surface area contributed by atoms with Crippen molar-refractivity contribution < 1.29 is 0 Å². The number of pyridine rings is 1. The van der Waals surface area contributed by atoms with Crippen LogP contribution >= 0.6 is 0 Å². The number of benzene rings is 1. The van der Waals surface area contributed by atoms with Crippen molar-refractivity contribution in [2.45, 2.75) is 0 Å². The van der Waals surface area contributed by atoms with Crippen LogP contribution in [0, 0.1) is 0 Å². The molecule has 3 nitrogen and oxygen atoms in total. The highest BCUT2D eigenvalue weighted by Crippen LogP contribution is 2.15. The van der Waals surface area contributed by atoms with E-state index in [0.29, 0.717) is 0 Å². The summed E-state index contributed by atoms with van der Waals surface area (Å²) >= 11 is 0. The van der Waals surface area contributed by atoms with Crippen LogP contribution in [0.4, 0.5) is 0 Å². The Bertz CT molecular complexity index is 519. The van der Waals surface area contributed by atoms with Gasteiger partial charge in [-0.1, -0.05) is 18.2 Å². The zero-order valence-corrected chi connectivity index (χ0v) is 6.86. The van der Waals surface area contributed by atoms with Crippen molar-refractivity contribution in [3.05, 3.63) is 36.7 Å². The number of aromatic nitrogens is 3. The first-order chi connectivity index (χ1) is 6.43. The van der Waals surface area contributed by atoms with Gasteiger partial charge in [0.05, 0.1) is 17.4 Å². The third kappa shape index (κ3) is 0.902. The summed E-state index contributed by atoms with van der Waals surface area (Å²) in [5, 5.41) is 1.14. The minimum absolute atomic E-state index is 0.777. The Morgan fingerprint density at radius 2 is 2.08 bits per heavy atom. The molecule has 0 aliphatic heterocycles. The molecule has 0 unspecified atom stereocenters. The summed E-state index contributed by atoms with van der Waals surface area (Å²) in [6.45, 7) is 0. The number of hydrogen-bond acceptors (Lipinski definition) is 2. The molecule has 0 aliphatic carbocycles. The van der Waals surface area contributed by atoms with Gasteiger partial charge in [-0.05, 0) is 12.1 Å². The lowest BCUT2D eigenvalue weighted by Gasteiger charge is -1.94. The number of aromatic amines is 1. The number of nitrogens with zero attached hydrogens (tertiary/aromatic N) is 2. The van der Waals surface area contributed by atoms with E-state index in [0.717, 1.165) is 22.1 Å². The molecule has 3 rings (SSSR count). The Kier molecular flexibility index (Phi) is 1.16. The van der Waals surface area contributed by atoms with Gasteiger partial charge in [-0.25, -0.2) is 9.97 Å². The highest BCUT2D eigenvalue weighted by molar-refractivity contribution is 5.88. The Hall–Kier alpha value is -1.90. The molecule has 2 aromatic heterocycles. The van der Waals surface area contributed by atoms with E-state index in [4.69, 9.17) is 0 Å². The first-order valence-corrected chi connectivity index (χ1v) is 4.12. The van der Waals surface area contributed by atoms with Gasteiger partial charge in [-0.15, -0.1) is 0 Å². The number of hydrogen-bond donors (Lipinski definition) is 1. The predicted octanol–water partition coefficient (Wildman–Crippen LogP) is 2.11. The third-order valence-corrected chi connectivity index (χ3v) is 2.11. The molecule has 0 atom stereocenters. The quantitative estimate of drug-likeness (QED) is 0.560. The Morgan fingerprint density at radius 3 is 3.08 bits per heavy atom. The number of rotatable bonds is 0. The molecule has 62 valence electrons. The van der Waals surface area contributed by atoms with Crippen LogP contribution in [0.5, 0.6) is 0 Å². The molecule has 0 amide bonds. The van der Waals surface area contributed by atoms with Gasteiger partial charge in [0, 0.05) is 5.39 Å². The third-order valence-electron chi connectivity index (χ3n) is 2.11. The van der Waals surface area contributed by atoms with E-state index in [1.807, 2.05) is 24.3 Å². The van der Waals surface area contributed by atoms with Crippen molar-refractivity contribution in [2.75, 3.05) is 0 Å². The fourth-order valence-corrected chi connectivity index (χ4v) is 1.47. The van der Waals surface area contributed by atoms with Gasteiger partial charge < -0.3 is 4.98 Å². The summed E-state index contributed by atoms with van der Waals surface area (Å²) in [7, 11) is 0. The monoisotopic (exact) mass is 169 g/mol. The molecule has 0 fully saturated rings. The molecule has 0 aliphatic rings. The standard InChI is InChI=1S/C10H7N3/c1-2-4-8-7(3-1)5-9-10(13-8)12-6-11-9/h1-6H,(H,11,12,13). The fraction of sp³-hybridized carbons (Fsp3) is 0. The normalized spacial score (nSPS) is 11.1. The zero-order chi connectivity index (χ0) is 8.67. The lowest BCUT2D eigenvalue weighted by atomic mass is 10.2. The highest BCUT2D eigenvalue weighted by atomic mass is 14.9.